The van der Waals surface area contributed by atoms with Crippen molar-refractivity contribution in [1.82, 2.24) is 0 Å². The van der Waals surface area contributed by atoms with E-state index in [4.69, 9.17) is 19.9 Å². The van der Waals surface area contributed by atoms with Gasteiger partial charge >= 0.3 is 24.1 Å². The van der Waals surface area contributed by atoms with Crippen molar-refractivity contribution in [1.29, 1.82) is 0 Å². The van der Waals surface area contributed by atoms with Gasteiger partial charge in [0.2, 0.25) is 11.7 Å². The van der Waals surface area contributed by atoms with Crippen molar-refractivity contribution >= 4 is 24.1 Å². The molecule has 3 saturated carbocycles. The van der Waals surface area contributed by atoms with E-state index >= 15 is 0 Å². The molecule has 11 heteroatoms. The number of carboxylic acid groups (broad SMARTS) is 2. The van der Waals surface area contributed by atoms with Crippen LogP contribution < -0.4 is 5.73 Å². The van der Waals surface area contributed by atoms with Gasteiger partial charge in [-0.1, -0.05) is 6.42 Å². The summed E-state index contributed by atoms with van der Waals surface area (Å²) in [6.07, 6.45) is -1.49. The molecule has 0 spiro atoms. The summed E-state index contributed by atoms with van der Waals surface area (Å²) in [5.41, 5.74) is 0.916. The Bertz CT molecular complexity index is 724. The second kappa shape index (κ2) is 7.43. The highest BCUT2D eigenvalue weighted by molar-refractivity contribution is 6.05. The number of carbonyl (C=O) groups is 4. The fourth-order valence-corrected chi connectivity index (χ4v) is 4.86. The van der Waals surface area contributed by atoms with Gasteiger partial charge < -0.3 is 30.2 Å². The van der Waals surface area contributed by atoms with Gasteiger partial charge in [-0.15, -0.1) is 0 Å². The van der Waals surface area contributed by atoms with Gasteiger partial charge in [0.05, 0.1) is 11.5 Å². The van der Waals surface area contributed by atoms with E-state index in [1.807, 2.05) is 0 Å². The number of rotatable bonds is 6. The van der Waals surface area contributed by atoms with Crippen molar-refractivity contribution in [3.8, 4) is 0 Å². The van der Waals surface area contributed by atoms with Crippen molar-refractivity contribution in [3.05, 3.63) is 0 Å². The lowest BCUT2D eigenvalue weighted by atomic mass is 9.75. The minimum atomic E-state index is -2.90. The number of hydrogen-bond donors (Lipinski definition) is 3. The zero-order valence-electron chi connectivity index (χ0n) is 15.8. The average molecular weight is 417 g/mol. The molecule has 4 N–H and O–H groups in total. The van der Waals surface area contributed by atoms with Crippen LogP contribution in [0.4, 0.5) is 9.18 Å². The minimum Gasteiger partial charge on any atom is -0.481 e. The smallest absolute Gasteiger partial charge is 0.481 e. The van der Waals surface area contributed by atoms with Crippen LogP contribution in [0.2, 0.25) is 0 Å². The Morgan fingerprint density at radius 3 is 2.28 bits per heavy atom. The minimum absolute atomic E-state index is 0.314. The third-order valence-corrected chi connectivity index (χ3v) is 6.31. The highest BCUT2D eigenvalue weighted by Gasteiger charge is 2.88. The first-order valence-electron chi connectivity index (χ1n) is 9.54. The lowest BCUT2D eigenvalue weighted by molar-refractivity contribution is -0.193. The van der Waals surface area contributed by atoms with E-state index in [2.05, 4.69) is 0 Å². The topological polar surface area (TPSA) is 162 Å². The van der Waals surface area contributed by atoms with Crippen LogP contribution in [-0.2, 0) is 28.6 Å². The fraction of sp³-hybridized carbons (Fsp3) is 0.778. The molecule has 3 aliphatic rings. The Morgan fingerprint density at radius 2 is 1.72 bits per heavy atom. The number of carboxylic acids is 2. The van der Waals surface area contributed by atoms with E-state index in [-0.39, 0.29) is 6.10 Å². The molecule has 0 radical (unpaired) electrons. The molecule has 0 saturated heterocycles. The Kier molecular flexibility index (Phi) is 5.46. The zero-order chi connectivity index (χ0) is 21.6. The van der Waals surface area contributed by atoms with E-state index in [9.17, 15) is 33.8 Å². The van der Waals surface area contributed by atoms with Crippen LogP contribution >= 0.6 is 0 Å². The molecule has 0 aromatic rings. The van der Waals surface area contributed by atoms with Crippen molar-refractivity contribution in [2.45, 2.75) is 69.6 Å². The number of halogens is 1. The summed E-state index contributed by atoms with van der Waals surface area (Å²) in [7, 11) is 0. The Labute approximate surface area is 165 Å². The summed E-state index contributed by atoms with van der Waals surface area (Å²) in [5.74, 6) is -7.30. The van der Waals surface area contributed by atoms with E-state index in [1.165, 1.54) is 0 Å². The SMILES string of the molecule is CC(OC(=O)OC1CCCCC1)OC(=O)[C@]1(C(=O)O)[C@@H](F)C[C@@H]2[C@H](C(=O)O)[C@@]21N. The molecule has 0 aliphatic heterocycles. The summed E-state index contributed by atoms with van der Waals surface area (Å²) >= 11 is 0. The molecule has 0 amide bonds. The number of alkyl halides is 1. The lowest BCUT2D eigenvalue weighted by Crippen LogP contribution is -2.61. The van der Waals surface area contributed by atoms with Crippen LogP contribution in [0.3, 0.4) is 0 Å². The molecule has 0 aromatic carbocycles. The number of fused-ring (bicyclic) bond motifs is 1. The van der Waals surface area contributed by atoms with Crippen LogP contribution in [-0.4, -0.2) is 58.4 Å². The van der Waals surface area contributed by atoms with Crippen molar-refractivity contribution in [3.63, 3.8) is 0 Å². The van der Waals surface area contributed by atoms with Crippen LogP contribution in [0.5, 0.6) is 0 Å². The summed E-state index contributed by atoms with van der Waals surface area (Å²) in [4.78, 5) is 47.8. The maximum atomic E-state index is 14.6. The number of hydrogen-bond acceptors (Lipinski definition) is 8. The van der Waals surface area contributed by atoms with Crippen molar-refractivity contribution in [2.75, 3.05) is 0 Å². The summed E-state index contributed by atoms with van der Waals surface area (Å²) in [5, 5.41) is 18.9. The maximum Gasteiger partial charge on any atom is 0.511 e. The van der Waals surface area contributed by atoms with Gasteiger partial charge in [0, 0.05) is 6.92 Å². The Balaban J connectivity index is 1.68. The molecule has 0 heterocycles. The summed E-state index contributed by atoms with van der Waals surface area (Å²) < 4.78 is 29.4. The summed E-state index contributed by atoms with van der Waals surface area (Å²) in [6, 6.07) is 0. The first-order chi connectivity index (χ1) is 13.6. The second-order valence-corrected chi connectivity index (χ2v) is 7.89. The van der Waals surface area contributed by atoms with Gasteiger partial charge in [-0.2, -0.15) is 0 Å². The Morgan fingerprint density at radius 1 is 1.10 bits per heavy atom. The number of ether oxygens (including phenoxy) is 3. The molecule has 10 nitrogen and oxygen atoms in total. The van der Waals surface area contributed by atoms with Crippen LogP contribution in [0, 0.1) is 17.3 Å². The molecule has 1 unspecified atom stereocenters. The largest absolute Gasteiger partial charge is 0.511 e. The lowest BCUT2D eigenvalue weighted by Gasteiger charge is -2.33. The molecule has 0 bridgehead atoms. The molecule has 3 aliphatic carbocycles. The third kappa shape index (κ3) is 3.21. The van der Waals surface area contributed by atoms with Gasteiger partial charge in [-0.3, -0.25) is 14.4 Å². The summed E-state index contributed by atoms with van der Waals surface area (Å²) in [6.45, 7) is 1.14. The average Bonchev–Trinajstić information content (AvgIpc) is 3.11. The molecular weight excluding hydrogens is 393 g/mol. The molecule has 162 valence electrons. The van der Waals surface area contributed by atoms with Crippen LogP contribution in [0.1, 0.15) is 45.4 Å². The molecule has 3 rings (SSSR count). The maximum absolute atomic E-state index is 14.6. The quantitative estimate of drug-likeness (QED) is 0.325. The van der Waals surface area contributed by atoms with E-state index in [0.717, 1.165) is 26.2 Å². The highest BCUT2D eigenvalue weighted by Crippen LogP contribution is 2.69. The zero-order valence-corrected chi connectivity index (χ0v) is 15.8. The molecule has 0 aromatic heterocycles. The molecular formula is C18H24FNO9. The van der Waals surface area contributed by atoms with E-state index < -0.39 is 65.7 Å². The predicted octanol–water partition coefficient (Wildman–Crippen LogP) is 1.20. The third-order valence-electron chi connectivity index (χ3n) is 6.31. The standard InChI is InChI=1S/C18H24FNO9/c1-8(28-16(26)29-9-5-3-2-4-6-9)27-15(25)17(14(23)24)11(19)7-10-12(13(21)22)18(10,17)20/h8-12H,2-7,20H2,1H3,(H,21,22)(H,23,24)/t8?,10-,11+,12-,17-,18+/m1/s1. The van der Waals surface area contributed by atoms with E-state index in [1.54, 1.807) is 0 Å². The number of aliphatic carboxylic acids is 2. The van der Waals surface area contributed by atoms with Crippen molar-refractivity contribution < 1.29 is 48.0 Å². The van der Waals surface area contributed by atoms with Gasteiger partial charge in [0.15, 0.2) is 0 Å². The van der Waals surface area contributed by atoms with Crippen molar-refractivity contribution in [2.24, 2.45) is 23.0 Å². The van der Waals surface area contributed by atoms with Gasteiger partial charge in [-0.25, -0.2) is 9.18 Å². The highest BCUT2D eigenvalue weighted by atomic mass is 19.1. The van der Waals surface area contributed by atoms with Crippen LogP contribution in [0.25, 0.3) is 0 Å². The van der Waals surface area contributed by atoms with Gasteiger partial charge in [-0.05, 0) is 38.0 Å². The van der Waals surface area contributed by atoms with Gasteiger partial charge in [0.1, 0.15) is 12.3 Å². The normalized spacial score (nSPS) is 37.1. The van der Waals surface area contributed by atoms with Crippen LogP contribution in [0.15, 0.2) is 0 Å². The van der Waals surface area contributed by atoms with E-state index in [0.29, 0.717) is 12.8 Å². The second-order valence-electron chi connectivity index (χ2n) is 7.89. The Hall–Kier alpha value is -2.43. The predicted molar refractivity (Wildman–Crippen MR) is 91.1 cm³/mol. The molecule has 29 heavy (non-hydrogen) atoms. The first-order valence-corrected chi connectivity index (χ1v) is 9.54. The fourth-order valence-electron chi connectivity index (χ4n) is 4.86. The molecule has 6 atom stereocenters. The molecule has 3 fully saturated rings. The number of esters is 1. The number of carbonyl (C=O) groups excluding carboxylic acids is 2. The van der Waals surface area contributed by atoms with Gasteiger partial charge in [0.25, 0.3) is 0 Å². The first kappa shape index (κ1) is 21.3. The monoisotopic (exact) mass is 417 g/mol. The number of nitrogens with two attached hydrogens (primary N) is 1.